The summed E-state index contributed by atoms with van der Waals surface area (Å²) in [4.78, 5) is 3.92. The van der Waals surface area contributed by atoms with Gasteiger partial charge in [-0.2, -0.15) is 0 Å². The fraction of sp³-hybridized carbons (Fsp3) is 0.364. The lowest BCUT2D eigenvalue weighted by Gasteiger charge is -2.08. The second kappa shape index (κ2) is 7.99. The molecule has 0 amide bonds. The van der Waals surface area contributed by atoms with Crippen LogP contribution in [0.3, 0.4) is 0 Å². The third-order valence-electron chi connectivity index (χ3n) is 2.14. The number of rotatable bonds is 5. The molecule has 0 unspecified atom stereocenters. The van der Waals surface area contributed by atoms with E-state index in [1.165, 1.54) is 0 Å². The number of nitrogens with two attached hydrogens (primary N) is 2. The molecular formula is C11H18IN3O2. The van der Waals surface area contributed by atoms with E-state index in [9.17, 15) is 0 Å². The number of ether oxygens (including phenoxy) is 2. The highest BCUT2D eigenvalue weighted by Crippen LogP contribution is 2.27. The summed E-state index contributed by atoms with van der Waals surface area (Å²) in [5, 5.41) is 0. The molecule has 1 aromatic rings. The molecule has 1 aromatic carbocycles. The standard InChI is InChI=1S/C11H17N3O2.HI/c1-15-9-4-3-8(7-10(9)16-2)5-6-14-11(12)13;/h3-4,7H,5-6H2,1-2H3,(H4,12,13,14);1H. The van der Waals surface area contributed by atoms with Gasteiger partial charge in [0.15, 0.2) is 17.5 Å². The van der Waals surface area contributed by atoms with Crippen LogP contribution >= 0.6 is 24.0 Å². The molecule has 0 aliphatic carbocycles. The van der Waals surface area contributed by atoms with Crippen LogP contribution in [-0.2, 0) is 6.42 Å². The van der Waals surface area contributed by atoms with E-state index in [0.29, 0.717) is 18.0 Å². The molecule has 0 aliphatic heterocycles. The molecule has 4 N–H and O–H groups in total. The van der Waals surface area contributed by atoms with Crippen LogP contribution in [0.15, 0.2) is 23.2 Å². The predicted molar refractivity (Wildman–Crippen MR) is 79.3 cm³/mol. The van der Waals surface area contributed by atoms with E-state index in [1.54, 1.807) is 14.2 Å². The van der Waals surface area contributed by atoms with Crippen LogP contribution in [0.5, 0.6) is 11.5 Å². The van der Waals surface area contributed by atoms with Crippen molar-refractivity contribution in [2.45, 2.75) is 6.42 Å². The Kier molecular flexibility index (Phi) is 7.44. The molecule has 0 saturated carbocycles. The van der Waals surface area contributed by atoms with Crippen LogP contribution in [0.25, 0.3) is 0 Å². The number of halogens is 1. The van der Waals surface area contributed by atoms with E-state index in [1.807, 2.05) is 18.2 Å². The van der Waals surface area contributed by atoms with Gasteiger partial charge in [-0.1, -0.05) is 6.07 Å². The number of guanidine groups is 1. The van der Waals surface area contributed by atoms with Crippen molar-refractivity contribution in [2.75, 3.05) is 20.8 Å². The summed E-state index contributed by atoms with van der Waals surface area (Å²) >= 11 is 0. The Bertz CT molecular complexity index is 379. The van der Waals surface area contributed by atoms with Gasteiger partial charge in [-0.3, -0.25) is 4.99 Å². The van der Waals surface area contributed by atoms with Crippen molar-refractivity contribution < 1.29 is 9.47 Å². The highest BCUT2D eigenvalue weighted by atomic mass is 127. The van der Waals surface area contributed by atoms with E-state index in [2.05, 4.69) is 4.99 Å². The van der Waals surface area contributed by atoms with Gasteiger partial charge in [-0.25, -0.2) is 0 Å². The third-order valence-corrected chi connectivity index (χ3v) is 2.14. The van der Waals surface area contributed by atoms with Gasteiger partial charge in [0.25, 0.3) is 0 Å². The summed E-state index contributed by atoms with van der Waals surface area (Å²) in [6.45, 7) is 0.567. The molecule has 0 aromatic heterocycles. The average Bonchev–Trinajstić information content (AvgIpc) is 2.28. The lowest BCUT2D eigenvalue weighted by Crippen LogP contribution is -2.23. The Morgan fingerprint density at radius 2 is 1.82 bits per heavy atom. The Morgan fingerprint density at radius 3 is 2.35 bits per heavy atom. The van der Waals surface area contributed by atoms with E-state index in [4.69, 9.17) is 20.9 Å². The lowest BCUT2D eigenvalue weighted by atomic mass is 10.1. The molecule has 0 atom stereocenters. The first kappa shape index (κ1) is 15.8. The number of benzene rings is 1. The van der Waals surface area contributed by atoms with Gasteiger partial charge < -0.3 is 20.9 Å². The van der Waals surface area contributed by atoms with Gasteiger partial charge in [0.1, 0.15) is 0 Å². The Morgan fingerprint density at radius 1 is 1.18 bits per heavy atom. The van der Waals surface area contributed by atoms with Crippen LogP contribution in [0.2, 0.25) is 0 Å². The SMILES string of the molecule is COc1ccc(CCN=C(N)N)cc1OC.I. The Labute approximate surface area is 118 Å². The first-order chi connectivity index (χ1) is 7.67. The Hall–Kier alpha value is -1.18. The molecule has 0 fully saturated rings. The van der Waals surface area contributed by atoms with Crippen molar-refractivity contribution in [1.82, 2.24) is 0 Å². The van der Waals surface area contributed by atoms with Gasteiger partial charge in [0.05, 0.1) is 14.2 Å². The van der Waals surface area contributed by atoms with Gasteiger partial charge >= 0.3 is 0 Å². The molecule has 17 heavy (non-hydrogen) atoms. The van der Waals surface area contributed by atoms with Crippen molar-refractivity contribution in [2.24, 2.45) is 16.5 Å². The largest absolute Gasteiger partial charge is 0.493 e. The molecule has 96 valence electrons. The smallest absolute Gasteiger partial charge is 0.185 e. The first-order valence-corrected chi connectivity index (χ1v) is 4.93. The summed E-state index contributed by atoms with van der Waals surface area (Å²) < 4.78 is 10.3. The average molecular weight is 351 g/mol. The van der Waals surface area contributed by atoms with Gasteiger partial charge in [0.2, 0.25) is 0 Å². The minimum Gasteiger partial charge on any atom is -0.493 e. The van der Waals surface area contributed by atoms with Crippen molar-refractivity contribution in [1.29, 1.82) is 0 Å². The Balaban J connectivity index is 0.00000256. The van der Waals surface area contributed by atoms with Gasteiger partial charge in [-0.15, -0.1) is 24.0 Å². The first-order valence-electron chi connectivity index (χ1n) is 4.93. The number of hydrogen-bond acceptors (Lipinski definition) is 3. The van der Waals surface area contributed by atoms with Crippen LogP contribution in [-0.4, -0.2) is 26.7 Å². The lowest BCUT2D eigenvalue weighted by molar-refractivity contribution is 0.354. The maximum atomic E-state index is 5.24. The summed E-state index contributed by atoms with van der Waals surface area (Å²) in [7, 11) is 3.22. The second-order valence-corrected chi connectivity index (χ2v) is 3.25. The van der Waals surface area contributed by atoms with Crippen molar-refractivity contribution in [3.8, 4) is 11.5 Å². The molecule has 1 rings (SSSR count). The normalized spacial score (nSPS) is 9.06. The van der Waals surface area contributed by atoms with Crippen molar-refractivity contribution >= 4 is 29.9 Å². The van der Waals surface area contributed by atoms with Crippen LogP contribution in [0.1, 0.15) is 5.56 Å². The zero-order valence-corrected chi connectivity index (χ0v) is 12.3. The van der Waals surface area contributed by atoms with Crippen molar-refractivity contribution in [3.05, 3.63) is 23.8 Å². The summed E-state index contributed by atoms with van der Waals surface area (Å²) in [5.41, 5.74) is 11.6. The molecule has 0 spiro atoms. The molecule has 0 bridgehead atoms. The molecule has 0 heterocycles. The molecule has 6 heteroatoms. The zero-order chi connectivity index (χ0) is 12.0. The van der Waals surface area contributed by atoms with E-state index >= 15 is 0 Å². The second-order valence-electron chi connectivity index (χ2n) is 3.25. The van der Waals surface area contributed by atoms with E-state index in [-0.39, 0.29) is 29.9 Å². The highest BCUT2D eigenvalue weighted by Gasteiger charge is 2.03. The summed E-state index contributed by atoms with van der Waals surface area (Å²) in [6.07, 6.45) is 0.762. The summed E-state index contributed by atoms with van der Waals surface area (Å²) in [5.74, 6) is 1.54. The molecular weight excluding hydrogens is 333 g/mol. The maximum absolute atomic E-state index is 5.24. The van der Waals surface area contributed by atoms with Crippen LogP contribution in [0, 0.1) is 0 Å². The quantitative estimate of drug-likeness (QED) is 0.473. The van der Waals surface area contributed by atoms with E-state index < -0.39 is 0 Å². The van der Waals surface area contributed by atoms with E-state index in [0.717, 1.165) is 12.0 Å². The topological polar surface area (TPSA) is 82.9 Å². The molecule has 5 nitrogen and oxygen atoms in total. The number of hydrogen-bond donors (Lipinski definition) is 2. The van der Waals surface area contributed by atoms with Gasteiger partial charge in [-0.05, 0) is 24.1 Å². The highest BCUT2D eigenvalue weighted by molar-refractivity contribution is 14.0. The molecule has 0 saturated heterocycles. The predicted octanol–water partition coefficient (Wildman–Crippen LogP) is 1.14. The number of nitrogens with zero attached hydrogens (tertiary/aromatic N) is 1. The fourth-order valence-electron chi connectivity index (χ4n) is 1.35. The number of methoxy groups -OCH3 is 2. The molecule has 0 radical (unpaired) electrons. The molecule has 0 aliphatic rings. The minimum atomic E-state index is 0. The van der Waals surface area contributed by atoms with Gasteiger partial charge in [0, 0.05) is 6.54 Å². The maximum Gasteiger partial charge on any atom is 0.185 e. The third kappa shape index (κ3) is 5.12. The zero-order valence-electron chi connectivity index (χ0n) is 9.97. The summed E-state index contributed by atoms with van der Waals surface area (Å²) in [6, 6.07) is 5.74. The fourth-order valence-corrected chi connectivity index (χ4v) is 1.35. The number of aliphatic imine (C=N–C) groups is 1. The van der Waals surface area contributed by atoms with Crippen molar-refractivity contribution in [3.63, 3.8) is 0 Å². The monoisotopic (exact) mass is 351 g/mol. The van der Waals surface area contributed by atoms with Crippen LogP contribution < -0.4 is 20.9 Å². The van der Waals surface area contributed by atoms with Crippen LogP contribution in [0.4, 0.5) is 0 Å². The minimum absolute atomic E-state index is 0.